The standard InChI is InChI=1S/C29H35N3O4S/c1-22(29(34)30-25-16-7-4-8-17-25)31(20-23-12-5-3-6-13-23)28(33)21-32(37(2,35)36)27-19-11-15-24-14-9-10-18-26(24)27/h3,5-6,9-15,18-19,22,25H,4,7-8,16-17,20-21H2,1-2H3,(H,30,34)/t22-/m0/s1. The summed E-state index contributed by atoms with van der Waals surface area (Å²) < 4.78 is 27.0. The Morgan fingerprint density at radius 1 is 0.919 bits per heavy atom. The Hall–Kier alpha value is -3.39. The number of anilines is 1. The minimum Gasteiger partial charge on any atom is -0.352 e. The number of sulfonamides is 1. The van der Waals surface area contributed by atoms with E-state index in [2.05, 4.69) is 5.32 Å². The molecule has 196 valence electrons. The highest BCUT2D eigenvalue weighted by Crippen LogP contribution is 2.29. The largest absolute Gasteiger partial charge is 0.352 e. The molecule has 37 heavy (non-hydrogen) atoms. The summed E-state index contributed by atoms with van der Waals surface area (Å²) in [6, 6.07) is 21.6. The second-order valence-electron chi connectivity index (χ2n) is 9.79. The van der Waals surface area contributed by atoms with E-state index >= 15 is 0 Å². The summed E-state index contributed by atoms with van der Waals surface area (Å²) in [4.78, 5) is 28.5. The van der Waals surface area contributed by atoms with Crippen LogP contribution in [0.3, 0.4) is 0 Å². The van der Waals surface area contributed by atoms with Gasteiger partial charge in [-0.2, -0.15) is 0 Å². The Morgan fingerprint density at radius 3 is 2.27 bits per heavy atom. The van der Waals surface area contributed by atoms with Gasteiger partial charge in [-0.05, 0) is 36.8 Å². The topological polar surface area (TPSA) is 86.8 Å². The molecule has 1 atom stereocenters. The number of nitrogens with zero attached hydrogens (tertiary/aromatic N) is 2. The highest BCUT2D eigenvalue weighted by atomic mass is 32.2. The van der Waals surface area contributed by atoms with Gasteiger partial charge < -0.3 is 10.2 Å². The predicted molar refractivity (Wildman–Crippen MR) is 148 cm³/mol. The number of hydrogen-bond donors (Lipinski definition) is 1. The number of benzene rings is 3. The maximum atomic E-state index is 13.8. The highest BCUT2D eigenvalue weighted by Gasteiger charge is 2.31. The third kappa shape index (κ3) is 6.68. The van der Waals surface area contributed by atoms with E-state index in [0.29, 0.717) is 5.69 Å². The summed E-state index contributed by atoms with van der Waals surface area (Å²) in [7, 11) is -3.79. The van der Waals surface area contributed by atoms with Gasteiger partial charge in [-0.3, -0.25) is 13.9 Å². The van der Waals surface area contributed by atoms with Crippen molar-refractivity contribution in [2.75, 3.05) is 17.1 Å². The number of rotatable bonds is 9. The molecule has 4 rings (SSSR count). The van der Waals surface area contributed by atoms with Gasteiger partial charge in [0.2, 0.25) is 21.8 Å². The average Bonchev–Trinajstić information content (AvgIpc) is 2.90. The monoisotopic (exact) mass is 521 g/mol. The van der Waals surface area contributed by atoms with Gasteiger partial charge in [0.05, 0.1) is 11.9 Å². The van der Waals surface area contributed by atoms with E-state index in [0.717, 1.165) is 52.6 Å². The van der Waals surface area contributed by atoms with Crippen LogP contribution in [0.5, 0.6) is 0 Å². The Labute approximate surface area is 219 Å². The van der Waals surface area contributed by atoms with Gasteiger partial charge in [0.1, 0.15) is 12.6 Å². The maximum Gasteiger partial charge on any atom is 0.244 e. The van der Waals surface area contributed by atoms with Gasteiger partial charge in [0.15, 0.2) is 0 Å². The molecule has 0 saturated heterocycles. The summed E-state index contributed by atoms with van der Waals surface area (Å²) in [5, 5.41) is 4.73. The molecule has 1 aliphatic rings. The second kappa shape index (κ2) is 11.8. The van der Waals surface area contributed by atoms with Crippen molar-refractivity contribution in [1.82, 2.24) is 10.2 Å². The van der Waals surface area contributed by atoms with Crippen LogP contribution >= 0.6 is 0 Å². The third-order valence-electron chi connectivity index (χ3n) is 7.03. The molecule has 0 aliphatic heterocycles. The van der Waals surface area contributed by atoms with E-state index in [1.54, 1.807) is 19.1 Å². The minimum atomic E-state index is -3.79. The molecule has 0 spiro atoms. The molecule has 0 heterocycles. The molecule has 1 saturated carbocycles. The van der Waals surface area contributed by atoms with Crippen molar-refractivity contribution in [3.63, 3.8) is 0 Å². The molecular formula is C29H35N3O4S. The van der Waals surface area contributed by atoms with Crippen LogP contribution in [-0.2, 0) is 26.2 Å². The number of fused-ring (bicyclic) bond motifs is 1. The fourth-order valence-corrected chi connectivity index (χ4v) is 5.81. The fraction of sp³-hybridized carbons (Fsp3) is 0.379. The van der Waals surface area contributed by atoms with Crippen LogP contribution in [0, 0.1) is 0 Å². The lowest BCUT2D eigenvalue weighted by Gasteiger charge is -2.33. The van der Waals surface area contributed by atoms with Crippen LogP contribution in [0.15, 0.2) is 72.8 Å². The predicted octanol–water partition coefficient (Wildman–Crippen LogP) is 4.47. The van der Waals surface area contributed by atoms with Gasteiger partial charge in [-0.25, -0.2) is 8.42 Å². The Bertz CT molecular complexity index is 1330. The lowest BCUT2D eigenvalue weighted by Crippen LogP contribution is -2.53. The molecule has 8 heteroatoms. The molecule has 2 amide bonds. The average molecular weight is 522 g/mol. The first-order valence-corrected chi connectivity index (χ1v) is 14.7. The van der Waals surface area contributed by atoms with Gasteiger partial charge in [-0.1, -0.05) is 86.0 Å². The van der Waals surface area contributed by atoms with Crippen molar-refractivity contribution in [2.45, 2.75) is 57.7 Å². The number of nitrogens with one attached hydrogen (secondary N) is 1. The second-order valence-corrected chi connectivity index (χ2v) is 11.7. The Morgan fingerprint density at radius 2 is 1.57 bits per heavy atom. The van der Waals surface area contributed by atoms with Crippen LogP contribution in [0.4, 0.5) is 5.69 Å². The lowest BCUT2D eigenvalue weighted by atomic mass is 9.95. The molecule has 1 aliphatic carbocycles. The highest BCUT2D eigenvalue weighted by molar-refractivity contribution is 7.92. The van der Waals surface area contributed by atoms with Gasteiger partial charge >= 0.3 is 0 Å². The van der Waals surface area contributed by atoms with Gasteiger partial charge in [-0.15, -0.1) is 0 Å². The third-order valence-corrected chi connectivity index (χ3v) is 8.16. The zero-order chi connectivity index (χ0) is 26.4. The summed E-state index contributed by atoms with van der Waals surface area (Å²) in [5.41, 5.74) is 1.30. The van der Waals surface area contributed by atoms with Gasteiger partial charge in [0.25, 0.3) is 0 Å². The van der Waals surface area contributed by atoms with Crippen molar-refractivity contribution in [2.24, 2.45) is 0 Å². The first kappa shape index (κ1) is 26.7. The van der Waals surface area contributed by atoms with Crippen LogP contribution < -0.4 is 9.62 Å². The van der Waals surface area contributed by atoms with E-state index in [9.17, 15) is 18.0 Å². The molecule has 7 nitrogen and oxygen atoms in total. The fourth-order valence-electron chi connectivity index (χ4n) is 4.95. The quantitative estimate of drug-likeness (QED) is 0.450. The normalized spacial score (nSPS) is 15.2. The molecule has 0 unspecified atom stereocenters. The summed E-state index contributed by atoms with van der Waals surface area (Å²) in [5.74, 6) is -0.652. The van der Waals surface area contributed by atoms with E-state index in [1.807, 2.05) is 60.7 Å². The number of carbonyl (C=O) groups is 2. The molecular weight excluding hydrogens is 486 g/mol. The minimum absolute atomic E-state index is 0.112. The maximum absolute atomic E-state index is 13.8. The van der Waals surface area contributed by atoms with E-state index in [-0.39, 0.29) is 18.5 Å². The van der Waals surface area contributed by atoms with Crippen molar-refractivity contribution in [3.05, 3.63) is 78.4 Å². The summed E-state index contributed by atoms with van der Waals surface area (Å²) in [6.07, 6.45) is 6.32. The Kier molecular flexibility index (Phi) is 8.48. The molecule has 3 aromatic carbocycles. The van der Waals surface area contributed by atoms with Crippen LogP contribution in [0.2, 0.25) is 0 Å². The smallest absolute Gasteiger partial charge is 0.244 e. The van der Waals surface area contributed by atoms with E-state index in [4.69, 9.17) is 0 Å². The van der Waals surface area contributed by atoms with Crippen LogP contribution in [-0.4, -0.2) is 50.0 Å². The van der Waals surface area contributed by atoms with Crippen LogP contribution in [0.25, 0.3) is 10.8 Å². The number of amides is 2. The molecule has 0 radical (unpaired) electrons. The number of hydrogen-bond acceptors (Lipinski definition) is 4. The molecule has 1 N–H and O–H groups in total. The van der Waals surface area contributed by atoms with Crippen molar-refractivity contribution in [3.8, 4) is 0 Å². The van der Waals surface area contributed by atoms with Crippen LogP contribution in [0.1, 0.15) is 44.6 Å². The zero-order valence-electron chi connectivity index (χ0n) is 21.5. The number of carbonyl (C=O) groups excluding carboxylic acids is 2. The van der Waals surface area contributed by atoms with E-state index in [1.165, 1.54) is 11.3 Å². The SMILES string of the molecule is C[C@@H](C(=O)NC1CCCCC1)N(Cc1ccccc1)C(=O)CN(c1cccc2ccccc12)S(C)(=O)=O. The molecule has 0 bridgehead atoms. The summed E-state index contributed by atoms with van der Waals surface area (Å²) >= 11 is 0. The lowest BCUT2D eigenvalue weighted by molar-refractivity contribution is -0.139. The van der Waals surface area contributed by atoms with E-state index < -0.39 is 28.5 Å². The molecule has 0 aromatic heterocycles. The summed E-state index contributed by atoms with van der Waals surface area (Å²) in [6.45, 7) is 1.51. The van der Waals surface area contributed by atoms with Gasteiger partial charge in [0, 0.05) is 18.0 Å². The first-order valence-electron chi connectivity index (χ1n) is 12.8. The molecule has 3 aromatic rings. The molecule has 1 fully saturated rings. The van der Waals surface area contributed by atoms with Crippen molar-refractivity contribution in [1.29, 1.82) is 0 Å². The zero-order valence-corrected chi connectivity index (χ0v) is 22.3. The Balaban J connectivity index is 1.63. The van der Waals surface area contributed by atoms with Crippen molar-refractivity contribution < 1.29 is 18.0 Å². The van der Waals surface area contributed by atoms with Crippen molar-refractivity contribution >= 4 is 38.3 Å². The first-order chi connectivity index (χ1) is 17.7.